The molecule has 0 spiro atoms. The molecule has 5 aromatic rings. The molecular weight excluding hydrogens is 482 g/mol. The molecule has 0 aliphatic carbocycles. The van der Waals surface area contributed by atoms with Gasteiger partial charge in [-0.1, -0.05) is 26.0 Å². The predicted molar refractivity (Wildman–Crippen MR) is 144 cm³/mol. The number of aromatic nitrogens is 3. The van der Waals surface area contributed by atoms with Gasteiger partial charge in [-0.15, -0.1) is 0 Å². The molecule has 2 amide bonds. The quantitative estimate of drug-likeness (QED) is 0.273. The van der Waals surface area contributed by atoms with Crippen LogP contribution >= 0.6 is 0 Å². The zero-order valence-electron chi connectivity index (χ0n) is 21.2. The Morgan fingerprint density at radius 1 is 1.08 bits per heavy atom. The molecule has 5 rings (SSSR count). The molecule has 4 aromatic heterocycles. The lowest BCUT2D eigenvalue weighted by atomic mass is 10.0. The molecule has 0 saturated heterocycles. The summed E-state index contributed by atoms with van der Waals surface area (Å²) in [6.07, 6.45) is 5.57. The summed E-state index contributed by atoms with van der Waals surface area (Å²) in [5, 5.41) is 16.7. The minimum atomic E-state index is -0.413. The average Bonchev–Trinajstić information content (AvgIpc) is 3.56. The summed E-state index contributed by atoms with van der Waals surface area (Å²) in [4.78, 5) is 35.9. The minimum absolute atomic E-state index is 0.183. The number of fused-ring (bicyclic) bond motifs is 2. The Morgan fingerprint density at radius 2 is 1.95 bits per heavy atom. The van der Waals surface area contributed by atoms with Crippen molar-refractivity contribution in [3.8, 4) is 11.4 Å². The van der Waals surface area contributed by atoms with Crippen LogP contribution in [0.2, 0.25) is 0 Å². The number of benzene rings is 1. The lowest BCUT2D eigenvalue weighted by Gasteiger charge is -2.18. The first-order chi connectivity index (χ1) is 18.4. The Balaban J connectivity index is 1.49. The fourth-order valence-corrected chi connectivity index (χ4v) is 4.55. The number of amides is 2. The average molecular weight is 512 g/mol. The largest absolute Gasteiger partial charge is 0.464 e. The van der Waals surface area contributed by atoms with Gasteiger partial charge in [-0.2, -0.15) is 0 Å². The van der Waals surface area contributed by atoms with Crippen molar-refractivity contribution in [2.45, 2.75) is 32.9 Å². The van der Waals surface area contributed by atoms with Crippen molar-refractivity contribution < 1.29 is 19.1 Å². The third-order valence-electron chi connectivity index (χ3n) is 6.30. The van der Waals surface area contributed by atoms with Gasteiger partial charge in [-0.05, 0) is 60.4 Å². The zero-order valence-corrected chi connectivity index (χ0v) is 21.2. The number of hydrogen-bond acceptors (Lipinski definition) is 6. The van der Waals surface area contributed by atoms with E-state index >= 15 is 0 Å². The lowest BCUT2D eigenvalue weighted by Crippen LogP contribution is -2.39. The second-order valence-corrected chi connectivity index (χ2v) is 9.60. The van der Waals surface area contributed by atoms with Gasteiger partial charge in [-0.3, -0.25) is 19.0 Å². The number of nitrogens with one attached hydrogen (secondary N) is 2. The van der Waals surface area contributed by atoms with E-state index in [1.807, 2.05) is 44.2 Å². The molecule has 0 radical (unpaired) electrons. The maximum absolute atomic E-state index is 13.5. The van der Waals surface area contributed by atoms with Gasteiger partial charge >= 0.3 is 0 Å². The molecule has 4 heterocycles. The van der Waals surface area contributed by atoms with Gasteiger partial charge in [0, 0.05) is 24.3 Å². The maximum atomic E-state index is 13.5. The van der Waals surface area contributed by atoms with Crippen LogP contribution in [0.15, 0.2) is 77.7 Å². The van der Waals surface area contributed by atoms with E-state index in [0.717, 1.165) is 16.5 Å². The number of nitrogens with zero attached hydrogens (tertiary/aromatic N) is 3. The first kappa shape index (κ1) is 25.2. The number of imidazole rings is 1. The van der Waals surface area contributed by atoms with Crippen LogP contribution < -0.4 is 10.6 Å². The van der Waals surface area contributed by atoms with E-state index < -0.39 is 11.9 Å². The molecule has 0 aliphatic rings. The highest BCUT2D eigenvalue weighted by atomic mass is 16.3. The van der Waals surface area contributed by atoms with Gasteiger partial charge in [0.2, 0.25) is 0 Å². The lowest BCUT2D eigenvalue weighted by molar-refractivity contribution is 0.0901. The number of aliphatic hydroxyl groups is 1. The summed E-state index contributed by atoms with van der Waals surface area (Å²) in [6.45, 7) is 4.19. The molecule has 1 aromatic carbocycles. The molecule has 0 fully saturated rings. The van der Waals surface area contributed by atoms with Crippen LogP contribution in [0.3, 0.4) is 0 Å². The Hall–Kier alpha value is -4.50. The molecule has 0 unspecified atom stereocenters. The topological polar surface area (TPSA) is 122 Å². The van der Waals surface area contributed by atoms with Crippen molar-refractivity contribution in [1.29, 1.82) is 0 Å². The number of hydrogen-bond donors (Lipinski definition) is 3. The number of aliphatic hydroxyl groups excluding tert-OH is 1. The fourth-order valence-electron chi connectivity index (χ4n) is 4.55. The van der Waals surface area contributed by atoms with E-state index in [9.17, 15) is 14.7 Å². The Bertz CT molecular complexity index is 1590. The van der Waals surface area contributed by atoms with Crippen molar-refractivity contribution in [1.82, 2.24) is 25.0 Å². The summed E-state index contributed by atoms with van der Waals surface area (Å²) < 4.78 is 6.99. The summed E-state index contributed by atoms with van der Waals surface area (Å²) >= 11 is 0. The van der Waals surface area contributed by atoms with Gasteiger partial charge in [0.1, 0.15) is 17.0 Å². The minimum Gasteiger partial charge on any atom is -0.464 e. The van der Waals surface area contributed by atoms with Gasteiger partial charge in [0.05, 0.1) is 30.2 Å². The smallest absolute Gasteiger partial charge is 0.270 e. The highest BCUT2D eigenvalue weighted by Crippen LogP contribution is 2.25. The molecule has 9 heteroatoms. The number of rotatable bonds is 9. The second-order valence-electron chi connectivity index (χ2n) is 9.60. The Morgan fingerprint density at radius 3 is 2.71 bits per heavy atom. The van der Waals surface area contributed by atoms with Crippen LogP contribution in [-0.4, -0.2) is 43.9 Å². The zero-order chi connectivity index (χ0) is 26.6. The van der Waals surface area contributed by atoms with Crippen LogP contribution in [0, 0.1) is 5.92 Å². The van der Waals surface area contributed by atoms with Crippen molar-refractivity contribution in [2.24, 2.45) is 5.92 Å². The van der Waals surface area contributed by atoms with Gasteiger partial charge < -0.3 is 20.2 Å². The molecule has 0 bridgehead atoms. The van der Waals surface area contributed by atoms with Crippen LogP contribution in [0.4, 0.5) is 0 Å². The highest BCUT2D eigenvalue weighted by molar-refractivity contribution is 6.04. The van der Waals surface area contributed by atoms with E-state index in [4.69, 9.17) is 9.40 Å². The fraction of sp³-hybridized carbons (Fsp3) is 0.241. The van der Waals surface area contributed by atoms with Crippen LogP contribution in [0.25, 0.3) is 28.0 Å². The Labute approximate surface area is 219 Å². The molecule has 1 atom stereocenters. The first-order valence-corrected chi connectivity index (χ1v) is 12.5. The number of pyridine rings is 2. The predicted octanol–water partition coefficient (Wildman–Crippen LogP) is 4.21. The van der Waals surface area contributed by atoms with Crippen molar-refractivity contribution in [2.75, 3.05) is 6.61 Å². The van der Waals surface area contributed by atoms with E-state index in [0.29, 0.717) is 35.6 Å². The van der Waals surface area contributed by atoms with Gasteiger partial charge in [-0.25, -0.2) is 4.98 Å². The van der Waals surface area contributed by atoms with Crippen molar-refractivity contribution in [3.63, 3.8) is 0 Å². The molecule has 0 aliphatic heterocycles. The Kier molecular flexibility index (Phi) is 7.19. The summed E-state index contributed by atoms with van der Waals surface area (Å²) in [5.41, 5.74) is 3.49. The normalized spacial score (nSPS) is 12.2. The summed E-state index contributed by atoms with van der Waals surface area (Å²) in [5.74, 6) is -0.432. The number of furan rings is 1. The van der Waals surface area contributed by atoms with Gasteiger partial charge in [0.15, 0.2) is 5.65 Å². The van der Waals surface area contributed by atoms with Crippen LogP contribution in [0.1, 0.15) is 46.7 Å². The monoisotopic (exact) mass is 511 g/mol. The highest BCUT2D eigenvalue weighted by Gasteiger charge is 2.26. The van der Waals surface area contributed by atoms with E-state index in [1.54, 1.807) is 47.3 Å². The van der Waals surface area contributed by atoms with Crippen molar-refractivity contribution in [3.05, 3.63) is 90.1 Å². The maximum Gasteiger partial charge on any atom is 0.270 e. The van der Waals surface area contributed by atoms with Crippen LogP contribution in [0.5, 0.6) is 0 Å². The number of carbonyl (C=O) groups excluding carboxylic acids is 2. The molecule has 9 nitrogen and oxygen atoms in total. The second kappa shape index (κ2) is 10.9. The van der Waals surface area contributed by atoms with E-state index in [-0.39, 0.29) is 24.1 Å². The standard InChI is InChI=1S/C29H29N5O4/c1-18(2)14-21(17-35)32-29(37)26-25(23-7-3-4-11-30-23)33-27-22(6-5-12-34(26)27)28(36)31-16-19-8-9-24-20(15-19)10-13-38-24/h3-13,15,18,21,35H,14,16-17H2,1-2H3,(H,31,36)(H,32,37)/t21-/m0/s1. The summed E-state index contributed by atoms with van der Waals surface area (Å²) in [6, 6.07) is 15.9. The van der Waals surface area contributed by atoms with E-state index in [1.165, 1.54) is 0 Å². The molecule has 3 N–H and O–H groups in total. The molecule has 0 saturated carbocycles. The van der Waals surface area contributed by atoms with Crippen molar-refractivity contribution >= 4 is 28.4 Å². The molecule has 194 valence electrons. The van der Waals surface area contributed by atoms with Crippen LogP contribution in [-0.2, 0) is 6.54 Å². The first-order valence-electron chi connectivity index (χ1n) is 12.5. The summed E-state index contributed by atoms with van der Waals surface area (Å²) in [7, 11) is 0. The molecule has 38 heavy (non-hydrogen) atoms. The van der Waals surface area contributed by atoms with E-state index in [2.05, 4.69) is 15.6 Å². The van der Waals surface area contributed by atoms with Gasteiger partial charge in [0.25, 0.3) is 11.8 Å². The number of carbonyl (C=O) groups is 2. The molecular formula is C29H29N5O4. The third-order valence-corrected chi connectivity index (χ3v) is 6.30. The third kappa shape index (κ3) is 5.14. The SMILES string of the molecule is CC(C)C[C@@H](CO)NC(=O)c1c(-c2ccccn2)nc2c(C(=O)NCc3ccc4occc4c3)cccn12.